The van der Waals surface area contributed by atoms with Gasteiger partial charge in [0.2, 0.25) is 4.77 Å². The highest BCUT2D eigenvalue weighted by Crippen LogP contribution is 2.24. The highest BCUT2D eigenvalue weighted by atomic mass is 79.9. The highest BCUT2D eigenvalue weighted by Gasteiger charge is 2.08. The molecule has 0 aliphatic heterocycles. The van der Waals surface area contributed by atoms with Crippen LogP contribution >= 0.6 is 28.1 Å². The molecule has 0 fully saturated rings. The molecule has 0 aliphatic rings. The monoisotopic (exact) mass is 354 g/mol. The third kappa shape index (κ3) is 3.16. The molecule has 0 radical (unpaired) electrons. The molecule has 0 spiro atoms. The SMILES string of the molecule is COc1ccc(/C=N\n2c(C(C)C)n[nH]c2=S)cc1Br. The Hall–Kier alpha value is -1.47. The van der Waals surface area contributed by atoms with Crippen molar-refractivity contribution in [1.29, 1.82) is 0 Å². The fourth-order valence-corrected chi connectivity index (χ4v) is 2.42. The lowest BCUT2D eigenvalue weighted by Crippen LogP contribution is -2.01. The summed E-state index contributed by atoms with van der Waals surface area (Å²) in [4.78, 5) is 0. The Kier molecular flexibility index (Phi) is 4.72. The van der Waals surface area contributed by atoms with Gasteiger partial charge in [0, 0.05) is 5.92 Å². The maximum Gasteiger partial charge on any atom is 0.216 e. The molecule has 5 nitrogen and oxygen atoms in total. The standard InChI is InChI=1S/C13H15BrN4OS/c1-8(2)12-16-17-13(20)18(12)15-7-9-4-5-11(19-3)10(14)6-9/h4-8H,1-3H3,(H,17,20)/b15-7-. The molecule has 1 N–H and O–H groups in total. The number of ether oxygens (including phenoxy) is 1. The summed E-state index contributed by atoms with van der Waals surface area (Å²) in [6, 6.07) is 5.73. The van der Waals surface area contributed by atoms with Gasteiger partial charge in [-0.05, 0) is 51.9 Å². The van der Waals surface area contributed by atoms with Crippen molar-refractivity contribution in [2.45, 2.75) is 19.8 Å². The van der Waals surface area contributed by atoms with Crippen LogP contribution in [0.2, 0.25) is 0 Å². The molecule has 106 valence electrons. The van der Waals surface area contributed by atoms with Crippen LogP contribution in [0, 0.1) is 4.77 Å². The Morgan fingerprint density at radius 3 is 2.85 bits per heavy atom. The van der Waals surface area contributed by atoms with Crippen molar-refractivity contribution in [3.63, 3.8) is 0 Å². The normalized spacial score (nSPS) is 11.4. The number of halogens is 1. The van der Waals surface area contributed by atoms with E-state index in [2.05, 4.69) is 31.2 Å². The average molecular weight is 355 g/mol. The van der Waals surface area contributed by atoms with Gasteiger partial charge in [-0.15, -0.1) is 0 Å². The number of aromatic amines is 1. The van der Waals surface area contributed by atoms with Gasteiger partial charge in [0.05, 0.1) is 17.8 Å². The zero-order valence-electron chi connectivity index (χ0n) is 11.4. The number of H-pyrrole nitrogens is 1. The molecule has 2 rings (SSSR count). The Morgan fingerprint density at radius 1 is 1.50 bits per heavy atom. The number of nitrogens with zero attached hydrogens (tertiary/aromatic N) is 3. The van der Waals surface area contributed by atoms with E-state index in [1.165, 1.54) is 0 Å². The first kappa shape index (κ1) is 14.9. The van der Waals surface area contributed by atoms with Crippen molar-refractivity contribution in [2.75, 3.05) is 7.11 Å². The number of benzene rings is 1. The lowest BCUT2D eigenvalue weighted by Gasteiger charge is -2.04. The van der Waals surface area contributed by atoms with Crippen LogP contribution in [-0.4, -0.2) is 28.2 Å². The van der Waals surface area contributed by atoms with E-state index in [1.807, 2.05) is 32.0 Å². The molecule has 0 aliphatic carbocycles. The second-order valence-electron chi connectivity index (χ2n) is 4.49. The smallest absolute Gasteiger partial charge is 0.216 e. The van der Waals surface area contributed by atoms with Crippen molar-refractivity contribution < 1.29 is 4.74 Å². The largest absolute Gasteiger partial charge is 0.496 e. The maximum atomic E-state index is 5.19. The molecule has 2 aromatic rings. The molecule has 7 heteroatoms. The van der Waals surface area contributed by atoms with Crippen LogP contribution in [0.3, 0.4) is 0 Å². The summed E-state index contributed by atoms with van der Waals surface area (Å²) in [5, 5.41) is 11.3. The van der Waals surface area contributed by atoms with Crippen LogP contribution < -0.4 is 4.74 Å². The van der Waals surface area contributed by atoms with Crippen molar-refractivity contribution >= 4 is 34.4 Å². The summed E-state index contributed by atoms with van der Waals surface area (Å²) >= 11 is 8.62. The lowest BCUT2D eigenvalue weighted by molar-refractivity contribution is 0.412. The lowest BCUT2D eigenvalue weighted by atomic mass is 10.2. The maximum absolute atomic E-state index is 5.19. The fourth-order valence-electron chi connectivity index (χ4n) is 1.68. The Bertz CT molecular complexity index is 690. The van der Waals surface area contributed by atoms with E-state index < -0.39 is 0 Å². The quantitative estimate of drug-likeness (QED) is 0.672. The summed E-state index contributed by atoms with van der Waals surface area (Å²) < 4.78 is 8.19. The number of rotatable bonds is 4. The highest BCUT2D eigenvalue weighted by molar-refractivity contribution is 9.10. The van der Waals surface area contributed by atoms with Crippen LogP contribution in [0.5, 0.6) is 5.75 Å². The van der Waals surface area contributed by atoms with E-state index in [4.69, 9.17) is 17.0 Å². The molecule has 1 aromatic heterocycles. The number of aromatic nitrogens is 3. The summed E-state index contributed by atoms with van der Waals surface area (Å²) in [6.45, 7) is 4.09. The van der Waals surface area contributed by atoms with E-state index >= 15 is 0 Å². The van der Waals surface area contributed by atoms with Gasteiger partial charge in [-0.1, -0.05) is 13.8 Å². The zero-order valence-corrected chi connectivity index (χ0v) is 13.8. The van der Waals surface area contributed by atoms with Gasteiger partial charge in [0.1, 0.15) is 5.75 Å². The van der Waals surface area contributed by atoms with Gasteiger partial charge < -0.3 is 4.74 Å². The molecule has 0 unspecified atom stereocenters. The van der Waals surface area contributed by atoms with Crippen molar-refractivity contribution in [3.8, 4) is 5.75 Å². The van der Waals surface area contributed by atoms with Gasteiger partial charge in [-0.3, -0.25) is 5.10 Å². The number of hydrogen-bond donors (Lipinski definition) is 1. The first-order chi connectivity index (χ1) is 9.52. The van der Waals surface area contributed by atoms with E-state index in [0.29, 0.717) is 4.77 Å². The fraction of sp³-hybridized carbons (Fsp3) is 0.308. The van der Waals surface area contributed by atoms with Crippen LogP contribution in [0.15, 0.2) is 27.8 Å². The van der Waals surface area contributed by atoms with Gasteiger partial charge in [0.15, 0.2) is 5.82 Å². The van der Waals surface area contributed by atoms with Crippen molar-refractivity contribution in [1.82, 2.24) is 14.9 Å². The summed E-state index contributed by atoms with van der Waals surface area (Å²) in [5.41, 5.74) is 0.940. The molecule has 1 aromatic carbocycles. The van der Waals surface area contributed by atoms with Gasteiger partial charge >= 0.3 is 0 Å². The topological polar surface area (TPSA) is 55.2 Å². The van der Waals surface area contributed by atoms with Gasteiger partial charge in [-0.2, -0.15) is 14.9 Å². The summed E-state index contributed by atoms with van der Waals surface area (Å²) in [6.07, 6.45) is 1.74. The van der Waals surface area contributed by atoms with E-state index in [9.17, 15) is 0 Å². The second kappa shape index (κ2) is 6.32. The third-order valence-electron chi connectivity index (χ3n) is 2.69. The van der Waals surface area contributed by atoms with Crippen LogP contribution in [0.1, 0.15) is 31.2 Å². The molecule has 20 heavy (non-hydrogen) atoms. The molecule has 0 amide bonds. The number of hydrogen-bond acceptors (Lipinski definition) is 4. The second-order valence-corrected chi connectivity index (χ2v) is 5.73. The average Bonchev–Trinajstić information content (AvgIpc) is 2.78. The van der Waals surface area contributed by atoms with Gasteiger partial charge in [0.25, 0.3) is 0 Å². The van der Waals surface area contributed by atoms with Crippen LogP contribution in [0.25, 0.3) is 0 Å². The minimum Gasteiger partial charge on any atom is -0.496 e. The molecular formula is C13H15BrN4OS. The minimum atomic E-state index is 0.239. The third-order valence-corrected chi connectivity index (χ3v) is 3.57. The van der Waals surface area contributed by atoms with Crippen LogP contribution in [0.4, 0.5) is 0 Å². The van der Waals surface area contributed by atoms with Crippen molar-refractivity contribution in [2.24, 2.45) is 5.10 Å². The van der Waals surface area contributed by atoms with Crippen LogP contribution in [-0.2, 0) is 0 Å². The van der Waals surface area contributed by atoms with E-state index in [0.717, 1.165) is 21.6 Å². The van der Waals surface area contributed by atoms with E-state index in [1.54, 1.807) is 18.0 Å². The zero-order chi connectivity index (χ0) is 14.7. The molecule has 0 saturated heterocycles. The summed E-state index contributed by atoms with van der Waals surface area (Å²) in [7, 11) is 1.63. The first-order valence-electron chi connectivity index (χ1n) is 6.08. The summed E-state index contributed by atoms with van der Waals surface area (Å²) in [5.74, 6) is 1.83. The number of methoxy groups -OCH3 is 1. The molecule has 0 atom stereocenters. The molecule has 1 heterocycles. The van der Waals surface area contributed by atoms with Gasteiger partial charge in [-0.25, -0.2) is 0 Å². The molecule has 0 saturated carbocycles. The Balaban J connectivity index is 2.32. The Morgan fingerprint density at radius 2 is 2.25 bits per heavy atom. The molecule has 0 bridgehead atoms. The predicted octanol–water partition coefficient (Wildman–Crippen LogP) is 3.72. The molecular weight excluding hydrogens is 340 g/mol. The Labute approximate surface area is 130 Å². The first-order valence-corrected chi connectivity index (χ1v) is 7.28. The minimum absolute atomic E-state index is 0.239. The predicted molar refractivity (Wildman–Crippen MR) is 85.2 cm³/mol. The number of nitrogens with one attached hydrogen (secondary N) is 1. The van der Waals surface area contributed by atoms with E-state index in [-0.39, 0.29) is 5.92 Å². The van der Waals surface area contributed by atoms with Crippen molar-refractivity contribution in [3.05, 3.63) is 38.8 Å².